The van der Waals surface area contributed by atoms with Crippen LogP contribution in [-0.2, 0) is 52.1 Å². The van der Waals surface area contributed by atoms with Gasteiger partial charge in [0.2, 0.25) is 0 Å². The quantitative estimate of drug-likeness (QED) is 0.306. The molecule has 0 aliphatic rings. The molecule has 3 N–H and O–H groups in total. The van der Waals surface area contributed by atoms with Crippen molar-refractivity contribution < 1.29 is 86.4 Å². The minimum absolute atomic E-state index is 0. The minimum atomic E-state index is -5.68. The van der Waals surface area contributed by atoms with Crippen LogP contribution in [0.25, 0.3) is 0 Å². The molecule has 0 aromatic heterocycles. The summed E-state index contributed by atoms with van der Waals surface area (Å²) in [5.41, 5.74) is 0. The van der Waals surface area contributed by atoms with E-state index in [1.165, 1.54) is 0 Å². The van der Waals surface area contributed by atoms with E-state index in [4.69, 9.17) is 19.2 Å². The molecule has 0 rings (SSSR count). The molecular formula is H3Fe2O11P3. The average molecular weight is 384 g/mol. The van der Waals surface area contributed by atoms with E-state index >= 15 is 0 Å². The van der Waals surface area contributed by atoms with Crippen molar-refractivity contribution in [2.75, 3.05) is 0 Å². The van der Waals surface area contributed by atoms with Crippen LogP contribution in [0.2, 0.25) is 0 Å². The number of phosphoric acid groups is 3. The van der Waals surface area contributed by atoms with Gasteiger partial charge in [-0.3, -0.25) is 0 Å². The van der Waals surface area contributed by atoms with E-state index < -0.39 is 23.5 Å². The second-order valence-electron chi connectivity index (χ2n) is 1.49. The van der Waals surface area contributed by atoms with Gasteiger partial charge in [0.15, 0.2) is 0 Å². The molecule has 0 spiro atoms. The third-order valence-corrected chi connectivity index (χ3v) is 1.80. The van der Waals surface area contributed by atoms with E-state index in [0.29, 0.717) is 0 Å². The van der Waals surface area contributed by atoms with Gasteiger partial charge in [-0.2, -0.15) is 0 Å². The van der Waals surface area contributed by atoms with Gasteiger partial charge in [-0.15, -0.1) is 0 Å². The van der Waals surface area contributed by atoms with Crippen LogP contribution in [0.3, 0.4) is 0 Å². The normalized spacial score (nSPS) is 11.4. The summed E-state index contributed by atoms with van der Waals surface area (Å²) in [6.45, 7) is 0. The van der Waals surface area contributed by atoms with Crippen molar-refractivity contribution in [1.29, 1.82) is 0 Å². The Morgan fingerprint density at radius 3 is 0.875 bits per heavy atom. The van der Waals surface area contributed by atoms with Crippen molar-refractivity contribution in [2.24, 2.45) is 0 Å². The molecule has 0 radical (unpaired) electrons. The molecule has 0 atom stereocenters. The maximum Gasteiger partial charge on any atom is 2.00 e. The van der Waals surface area contributed by atoms with Gasteiger partial charge >= 0.3 is 42.0 Å². The van der Waals surface area contributed by atoms with E-state index in [-0.39, 0.29) is 34.1 Å². The number of rotatable bonds is 2. The second-order valence-corrected chi connectivity index (χ2v) is 4.96. The smallest absolute Gasteiger partial charge is 0.790 e. The van der Waals surface area contributed by atoms with Gasteiger partial charge in [-0.05, 0) is 0 Å². The summed E-state index contributed by atoms with van der Waals surface area (Å²) < 4.78 is 30.0. The molecule has 0 fully saturated rings. The molecule has 0 aromatic carbocycles. The molecule has 0 amide bonds. The Kier molecular flexibility index (Phi) is 15.2. The van der Waals surface area contributed by atoms with Crippen LogP contribution in [0.1, 0.15) is 0 Å². The van der Waals surface area contributed by atoms with E-state index in [2.05, 4.69) is 4.31 Å². The largest absolute Gasteiger partial charge is 2.00 e. The van der Waals surface area contributed by atoms with Crippen LogP contribution in [0.5, 0.6) is 0 Å². The van der Waals surface area contributed by atoms with Crippen molar-refractivity contribution in [1.82, 2.24) is 0 Å². The van der Waals surface area contributed by atoms with Crippen molar-refractivity contribution >= 4 is 23.5 Å². The summed E-state index contributed by atoms with van der Waals surface area (Å²) in [6.07, 6.45) is 0. The molecule has 16 heteroatoms. The van der Waals surface area contributed by atoms with Gasteiger partial charge in [-0.1, -0.05) is 0 Å². The van der Waals surface area contributed by atoms with Gasteiger partial charge in [0, 0.05) is 0 Å². The maximum absolute atomic E-state index is 9.32. The third-order valence-electron chi connectivity index (χ3n) is 0.200. The van der Waals surface area contributed by atoms with Gasteiger partial charge < -0.3 is 47.7 Å². The molecule has 11 nitrogen and oxygen atoms in total. The monoisotopic (exact) mass is 384 g/mol. The van der Waals surface area contributed by atoms with Gasteiger partial charge in [-0.25, -0.2) is 4.57 Å². The van der Waals surface area contributed by atoms with E-state index in [9.17, 15) is 28.7 Å². The van der Waals surface area contributed by atoms with Gasteiger partial charge in [0.1, 0.15) is 0 Å². The molecule has 0 heterocycles. The molecule has 0 aliphatic carbocycles. The van der Waals surface area contributed by atoms with E-state index in [0.717, 1.165) is 0 Å². The van der Waals surface area contributed by atoms with Crippen LogP contribution in [-0.4, -0.2) is 14.7 Å². The van der Waals surface area contributed by atoms with Crippen molar-refractivity contribution in [2.45, 2.75) is 0 Å². The molecule has 0 aliphatic heterocycles. The van der Waals surface area contributed by atoms with E-state index in [1.54, 1.807) is 0 Å². The zero-order valence-corrected chi connectivity index (χ0v) is 11.5. The Hall–Kier alpha value is 1.41. The molecule has 0 saturated carbocycles. The first-order valence-corrected chi connectivity index (χ1v) is 6.73. The zero-order valence-electron chi connectivity index (χ0n) is 6.66. The third kappa shape index (κ3) is 58.3. The van der Waals surface area contributed by atoms with Crippen LogP contribution < -0.4 is 19.6 Å². The first-order chi connectivity index (χ1) is 5.71. The van der Waals surface area contributed by atoms with Crippen LogP contribution in [0, 0.1) is 0 Å². The Morgan fingerprint density at radius 1 is 0.750 bits per heavy atom. The fourth-order valence-electron chi connectivity index (χ4n) is 0.122. The molecule has 0 bridgehead atoms. The first-order valence-electron chi connectivity index (χ1n) is 2.24. The SMILES string of the molecule is O=P(O)(O)O.O=P([O-])([O-])OP(=O)([O-])[O-].[Fe+2].[Fe+2]. The van der Waals surface area contributed by atoms with Gasteiger partial charge in [0.25, 0.3) is 0 Å². The summed E-state index contributed by atoms with van der Waals surface area (Å²) in [6, 6.07) is 0. The predicted molar refractivity (Wildman–Crippen MR) is 30.6 cm³/mol. The van der Waals surface area contributed by atoms with Crippen molar-refractivity contribution in [3.05, 3.63) is 0 Å². The van der Waals surface area contributed by atoms with Gasteiger partial charge in [0.05, 0.1) is 15.6 Å². The Balaban J connectivity index is -0.0000000904. The summed E-state index contributed by atoms with van der Waals surface area (Å²) in [7, 11) is -16.0. The fraction of sp³-hybridized carbons (Fsp3) is 0. The Labute approximate surface area is 110 Å². The van der Waals surface area contributed by atoms with Crippen LogP contribution in [0.4, 0.5) is 0 Å². The fourth-order valence-corrected chi connectivity index (χ4v) is 1.10. The van der Waals surface area contributed by atoms with Crippen molar-refractivity contribution in [3.8, 4) is 0 Å². The summed E-state index contributed by atoms with van der Waals surface area (Å²) >= 11 is 0. The second kappa shape index (κ2) is 9.35. The topological polar surface area (TPSA) is 213 Å². The standard InChI is InChI=1S/2Fe.H4O7P2.H3O4P/c;;1-8(2,3)7-9(4,5)6;1-5(2,3)4/h;;(H2,1,2,3)(H2,4,5,6);(H3,1,2,3,4)/q2*+2;;/p-4. The molecule has 0 saturated heterocycles. The average Bonchev–Trinajstić information content (AvgIpc) is 1.42. The Bertz CT molecular complexity index is 262. The Morgan fingerprint density at radius 2 is 0.875 bits per heavy atom. The summed E-state index contributed by atoms with van der Waals surface area (Å²) in [5.74, 6) is 0. The first kappa shape index (κ1) is 26.1. The van der Waals surface area contributed by atoms with Crippen LogP contribution >= 0.6 is 23.5 Å². The maximum atomic E-state index is 9.32. The molecule has 16 heavy (non-hydrogen) atoms. The van der Waals surface area contributed by atoms with Crippen molar-refractivity contribution in [3.63, 3.8) is 0 Å². The number of hydrogen-bond donors (Lipinski definition) is 3. The summed E-state index contributed by atoms with van der Waals surface area (Å²) in [4.78, 5) is 58.9. The van der Waals surface area contributed by atoms with E-state index in [1.807, 2.05) is 0 Å². The molecule has 0 aromatic rings. The summed E-state index contributed by atoms with van der Waals surface area (Å²) in [5, 5.41) is 0. The minimum Gasteiger partial charge on any atom is -0.790 e. The molecule has 100 valence electrons. The molecule has 0 unspecified atom stereocenters. The number of hydrogen-bond acceptors (Lipinski definition) is 8. The molecular weight excluding hydrogens is 381 g/mol. The van der Waals surface area contributed by atoms with Crippen LogP contribution in [0.15, 0.2) is 0 Å². The predicted octanol–water partition coefficient (Wildman–Crippen LogP) is -4.27. The zero-order chi connectivity index (χ0) is 12.2.